The van der Waals surface area contributed by atoms with Crippen molar-refractivity contribution in [1.82, 2.24) is 15.6 Å². The molecule has 150 valence electrons. The number of aliphatic imine (C=N–C) groups is 1. The summed E-state index contributed by atoms with van der Waals surface area (Å²) in [5.74, 6) is 1.04. The Morgan fingerprint density at radius 3 is 2.75 bits per heavy atom. The molecule has 2 aromatic rings. The van der Waals surface area contributed by atoms with Crippen LogP contribution < -0.4 is 15.5 Å². The number of rotatable bonds is 7. The minimum absolute atomic E-state index is 0.228. The van der Waals surface area contributed by atoms with Gasteiger partial charge in [-0.2, -0.15) is 0 Å². The summed E-state index contributed by atoms with van der Waals surface area (Å²) in [7, 11) is 0. The van der Waals surface area contributed by atoms with Crippen LogP contribution in [-0.4, -0.2) is 36.5 Å². The molecule has 1 aromatic carbocycles. The van der Waals surface area contributed by atoms with Crippen LogP contribution in [0.25, 0.3) is 0 Å². The molecule has 0 radical (unpaired) electrons. The maximum Gasteiger partial charge on any atom is 0.226 e. The third-order valence-electron chi connectivity index (χ3n) is 4.68. The van der Waals surface area contributed by atoms with Crippen LogP contribution in [0.15, 0.2) is 34.6 Å². The second-order valence-electron chi connectivity index (χ2n) is 6.90. The van der Waals surface area contributed by atoms with E-state index in [1.54, 1.807) is 11.3 Å². The van der Waals surface area contributed by atoms with Crippen molar-refractivity contribution >= 4 is 28.9 Å². The molecule has 1 aromatic heterocycles. The van der Waals surface area contributed by atoms with Crippen LogP contribution in [0.3, 0.4) is 0 Å². The summed E-state index contributed by atoms with van der Waals surface area (Å²) < 4.78 is 0. The fraction of sp³-hybridized carbons (Fsp3) is 0.476. The molecule has 0 bridgehead atoms. The van der Waals surface area contributed by atoms with Gasteiger partial charge < -0.3 is 15.5 Å². The van der Waals surface area contributed by atoms with Gasteiger partial charge in [0.05, 0.1) is 17.2 Å². The number of anilines is 1. The molecule has 7 heteroatoms. The van der Waals surface area contributed by atoms with Crippen LogP contribution in [0.1, 0.15) is 42.5 Å². The summed E-state index contributed by atoms with van der Waals surface area (Å²) >= 11 is 1.68. The number of guanidine groups is 1. The molecule has 3 rings (SSSR count). The van der Waals surface area contributed by atoms with Gasteiger partial charge in [0.2, 0.25) is 5.91 Å². The molecule has 2 N–H and O–H groups in total. The number of hydrogen-bond donors (Lipinski definition) is 2. The Morgan fingerprint density at radius 2 is 2.07 bits per heavy atom. The standard InChI is InChI=1S/C21H29N5OS/c1-3-22-21(23-12-11-18-15-28-16(2)25-18)24-14-17-7-9-19(10-8-17)26-13-5-4-6-20(26)27/h7-10,15H,3-6,11-14H2,1-2H3,(H2,22,23,24). The predicted molar refractivity (Wildman–Crippen MR) is 116 cm³/mol. The fourth-order valence-corrected chi connectivity index (χ4v) is 3.85. The number of hydrogen-bond acceptors (Lipinski definition) is 4. The Morgan fingerprint density at radius 1 is 1.25 bits per heavy atom. The second-order valence-corrected chi connectivity index (χ2v) is 7.96. The molecular weight excluding hydrogens is 370 g/mol. The normalized spacial score (nSPS) is 15.0. The van der Waals surface area contributed by atoms with Gasteiger partial charge in [0.1, 0.15) is 0 Å². The molecule has 28 heavy (non-hydrogen) atoms. The first-order chi connectivity index (χ1) is 13.7. The third kappa shape index (κ3) is 5.79. The Labute approximate surface area is 171 Å². The van der Waals surface area contributed by atoms with Crippen LogP contribution >= 0.6 is 11.3 Å². The zero-order chi connectivity index (χ0) is 19.8. The fourth-order valence-electron chi connectivity index (χ4n) is 3.20. The van der Waals surface area contributed by atoms with Crippen molar-refractivity contribution < 1.29 is 4.79 Å². The van der Waals surface area contributed by atoms with Gasteiger partial charge in [0, 0.05) is 43.5 Å². The number of piperidine rings is 1. The first-order valence-corrected chi connectivity index (χ1v) is 10.9. The van der Waals surface area contributed by atoms with Gasteiger partial charge in [-0.25, -0.2) is 9.98 Å². The number of nitrogens with zero attached hydrogens (tertiary/aromatic N) is 3. The van der Waals surface area contributed by atoms with Gasteiger partial charge in [-0.15, -0.1) is 11.3 Å². The summed E-state index contributed by atoms with van der Waals surface area (Å²) in [5, 5.41) is 9.86. The number of benzene rings is 1. The van der Waals surface area contributed by atoms with Crippen LogP contribution in [-0.2, 0) is 17.8 Å². The minimum atomic E-state index is 0.228. The quantitative estimate of drug-likeness (QED) is 0.554. The number of nitrogens with one attached hydrogen (secondary N) is 2. The van der Waals surface area contributed by atoms with Crippen LogP contribution in [0.4, 0.5) is 5.69 Å². The van der Waals surface area contributed by atoms with E-state index in [4.69, 9.17) is 0 Å². The van der Waals surface area contributed by atoms with Gasteiger partial charge in [-0.3, -0.25) is 4.79 Å². The van der Waals surface area contributed by atoms with E-state index in [0.717, 1.165) is 66.8 Å². The summed E-state index contributed by atoms with van der Waals surface area (Å²) in [6, 6.07) is 8.17. The summed E-state index contributed by atoms with van der Waals surface area (Å²) in [4.78, 5) is 23.1. The Balaban J connectivity index is 1.53. The molecule has 6 nitrogen and oxygen atoms in total. The number of thiazole rings is 1. The first kappa shape index (κ1) is 20.3. The number of carbonyl (C=O) groups excluding carboxylic acids is 1. The van der Waals surface area contributed by atoms with Gasteiger partial charge >= 0.3 is 0 Å². The van der Waals surface area contributed by atoms with E-state index < -0.39 is 0 Å². The average molecular weight is 400 g/mol. The van der Waals surface area contributed by atoms with Gasteiger partial charge in [-0.05, 0) is 44.4 Å². The largest absolute Gasteiger partial charge is 0.357 e. The second kappa shape index (κ2) is 10.2. The maximum absolute atomic E-state index is 12.1. The highest BCUT2D eigenvalue weighted by molar-refractivity contribution is 7.09. The van der Waals surface area contributed by atoms with E-state index in [1.807, 2.05) is 24.0 Å². The van der Waals surface area contributed by atoms with Crippen molar-refractivity contribution in [3.63, 3.8) is 0 Å². The minimum Gasteiger partial charge on any atom is -0.357 e. The van der Waals surface area contributed by atoms with E-state index >= 15 is 0 Å². The molecule has 0 aliphatic carbocycles. The topological polar surface area (TPSA) is 69.6 Å². The van der Waals surface area contributed by atoms with Crippen LogP contribution in [0.2, 0.25) is 0 Å². The highest BCUT2D eigenvalue weighted by Crippen LogP contribution is 2.21. The maximum atomic E-state index is 12.1. The number of aryl methyl sites for hydroxylation is 1. The van der Waals surface area contributed by atoms with Gasteiger partial charge in [-0.1, -0.05) is 12.1 Å². The summed E-state index contributed by atoms with van der Waals surface area (Å²) in [5.41, 5.74) is 3.23. The van der Waals surface area contributed by atoms with Crippen LogP contribution in [0.5, 0.6) is 0 Å². The molecule has 0 unspecified atom stereocenters. The molecule has 1 fully saturated rings. The lowest BCUT2D eigenvalue weighted by Gasteiger charge is -2.26. The Hall–Kier alpha value is -2.41. The molecule has 0 saturated carbocycles. The summed E-state index contributed by atoms with van der Waals surface area (Å²) in [6.07, 6.45) is 3.62. The Bertz CT molecular complexity index is 799. The molecule has 1 amide bonds. The highest BCUT2D eigenvalue weighted by Gasteiger charge is 2.19. The van der Waals surface area contributed by atoms with E-state index in [2.05, 4.69) is 45.0 Å². The molecule has 0 atom stereocenters. The smallest absolute Gasteiger partial charge is 0.226 e. The van der Waals surface area contributed by atoms with Crippen molar-refractivity contribution in [2.24, 2.45) is 4.99 Å². The van der Waals surface area contributed by atoms with Gasteiger partial charge in [0.25, 0.3) is 0 Å². The van der Waals surface area contributed by atoms with E-state index in [0.29, 0.717) is 13.0 Å². The van der Waals surface area contributed by atoms with Crippen molar-refractivity contribution in [2.45, 2.75) is 46.1 Å². The SMILES string of the molecule is CCNC(=NCc1ccc(N2CCCCC2=O)cc1)NCCc1csc(C)n1. The molecule has 0 spiro atoms. The molecule has 2 heterocycles. The van der Waals surface area contributed by atoms with Crippen LogP contribution in [0, 0.1) is 6.92 Å². The first-order valence-electron chi connectivity index (χ1n) is 9.98. The third-order valence-corrected chi connectivity index (χ3v) is 5.50. The molecule has 1 aliphatic rings. The zero-order valence-electron chi connectivity index (χ0n) is 16.7. The van der Waals surface area contributed by atoms with Crippen molar-refractivity contribution in [2.75, 3.05) is 24.5 Å². The number of aromatic nitrogens is 1. The van der Waals surface area contributed by atoms with Crippen molar-refractivity contribution in [1.29, 1.82) is 0 Å². The number of carbonyl (C=O) groups is 1. The lowest BCUT2D eigenvalue weighted by molar-refractivity contribution is -0.119. The van der Waals surface area contributed by atoms with E-state index in [-0.39, 0.29) is 5.91 Å². The van der Waals surface area contributed by atoms with E-state index in [1.165, 1.54) is 0 Å². The molecule has 1 aliphatic heterocycles. The lowest BCUT2D eigenvalue weighted by atomic mass is 10.1. The summed E-state index contributed by atoms with van der Waals surface area (Å²) in [6.45, 7) is 7.12. The highest BCUT2D eigenvalue weighted by atomic mass is 32.1. The molecule has 1 saturated heterocycles. The Kier molecular flexibility index (Phi) is 7.42. The van der Waals surface area contributed by atoms with Gasteiger partial charge in [0.15, 0.2) is 5.96 Å². The lowest BCUT2D eigenvalue weighted by Crippen LogP contribution is -2.38. The van der Waals surface area contributed by atoms with Crippen molar-refractivity contribution in [3.05, 3.63) is 45.9 Å². The average Bonchev–Trinajstić information content (AvgIpc) is 3.12. The van der Waals surface area contributed by atoms with E-state index in [9.17, 15) is 4.79 Å². The predicted octanol–water partition coefficient (Wildman–Crippen LogP) is 3.27. The zero-order valence-corrected chi connectivity index (χ0v) is 17.5. The number of amides is 1. The molecular formula is C21H29N5OS. The monoisotopic (exact) mass is 399 g/mol. The van der Waals surface area contributed by atoms with Crippen molar-refractivity contribution in [3.8, 4) is 0 Å².